The Bertz CT molecular complexity index is 342. The molecule has 0 radical (unpaired) electrons. The van der Waals surface area contributed by atoms with Crippen molar-refractivity contribution >= 4 is 17.9 Å². The van der Waals surface area contributed by atoms with Crippen molar-refractivity contribution in [2.75, 3.05) is 26.2 Å². The van der Waals surface area contributed by atoms with Crippen molar-refractivity contribution in [1.29, 1.82) is 0 Å². The van der Waals surface area contributed by atoms with Gasteiger partial charge in [-0.05, 0) is 19.5 Å². The molecule has 0 aromatic heterocycles. The Morgan fingerprint density at radius 1 is 1.16 bits per heavy atom. The SMILES string of the molecule is CCCN(CC)CCNC(=O)NC(=O)/C=C/C(=O)O. The summed E-state index contributed by atoms with van der Waals surface area (Å²) in [6, 6.07) is -0.632. The van der Waals surface area contributed by atoms with Crippen molar-refractivity contribution in [3.05, 3.63) is 12.2 Å². The van der Waals surface area contributed by atoms with Gasteiger partial charge in [-0.3, -0.25) is 10.1 Å². The molecule has 0 spiro atoms. The van der Waals surface area contributed by atoms with Gasteiger partial charge < -0.3 is 15.3 Å². The van der Waals surface area contributed by atoms with E-state index < -0.39 is 17.9 Å². The van der Waals surface area contributed by atoms with Gasteiger partial charge in [0.1, 0.15) is 0 Å². The number of imide groups is 1. The Hall–Kier alpha value is -1.89. The molecule has 0 rings (SSSR count). The minimum Gasteiger partial charge on any atom is -0.478 e. The molecule has 0 aromatic carbocycles. The van der Waals surface area contributed by atoms with Gasteiger partial charge in [-0.1, -0.05) is 13.8 Å². The summed E-state index contributed by atoms with van der Waals surface area (Å²) in [6.07, 6.45) is 2.50. The number of rotatable bonds is 8. The van der Waals surface area contributed by atoms with Crippen LogP contribution >= 0.6 is 0 Å². The maximum Gasteiger partial charge on any atom is 0.328 e. The molecule has 3 N–H and O–H groups in total. The second-order valence-corrected chi connectivity index (χ2v) is 3.85. The van der Waals surface area contributed by atoms with E-state index in [4.69, 9.17) is 5.11 Å². The predicted molar refractivity (Wildman–Crippen MR) is 70.7 cm³/mol. The Balaban J connectivity index is 3.86. The Kier molecular flexibility index (Phi) is 9.07. The number of amides is 3. The fourth-order valence-corrected chi connectivity index (χ4v) is 1.42. The van der Waals surface area contributed by atoms with Gasteiger partial charge in [-0.15, -0.1) is 0 Å². The summed E-state index contributed by atoms with van der Waals surface area (Å²) in [5.74, 6) is -2.01. The van der Waals surface area contributed by atoms with Crippen molar-refractivity contribution in [2.45, 2.75) is 20.3 Å². The van der Waals surface area contributed by atoms with Gasteiger partial charge in [0, 0.05) is 25.2 Å². The smallest absolute Gasteiger partial charge is 0.328 e. The lowest BCUT2D eigenvalue weighted by atomic mass is 10.4. The number of hydrogen-bond acceptors (Lipinski definition) is 4. The van der Waals surface area contributed by atoms with Gasteiger partial charge in [0.15, 0.2) is 0 Å². The summed E-state index contributed by atoms with van der Waals surface area (Å²) in [5.41, 5.74) is 0. The van der Waals surface area contributed by atoms with E-state index in [1.54, 1.807) is 0 Å². The largest absolute Gasteiger partial charge is 0.478 e. The molecule has 3 amide bonds. The van der Waals surface area contributed by atoms with Gasteiger partial charge in [0.05, 0.1) is 0 Å². The first-order chi connectivity index (χ1) is 8.99. The average Bonchev–Trinajstić information content (AvgIpc) is 2.35. The maximum atomic E-state index is 11.3. The molecule has 7 heteroatoms. The molecule has 0 atom stereocenters. The minimum absolute atomic E-state index is 0.426. The lowest BCUT2D eigenvalue weighted by molar-refractivity contribution is -0.131. The van der Waals surface area contributed by atoms with Crippen LogP contribution in [-0.2, 0) is 9.59 Å². The van der Waals surface area contributed by atoms with E-state index in [2.05, 4.69) is 17.1 Å². The third-order valence-corrected chi connectivity index (χ3v) is 2.31. The number of carboxylic acids is 1. The Labute approximate surface area is 112 Å². The fourth-order valence-electron chi connectivity index (χ4n) is 1.42. The van der Waals surface area contributed by atoms with E-state index in [-0.39, 0.29) is 0 Å². The van der Waals surface area contributed by atoms with Gasteiger partial charge >= 0.3 is 12.0 Å². The lowest BCUT2D eigenvalue weighted by Crippen LogP contribution is -2.42. The van der Waals surface area contributed by atoms with E-state index in [1.807, 2.05) is 12.2 Å². The van der Waals surface area contributed by atoms with Crippen molar-refractivity contribution in [1.82, 2.24) is 15.5 Å². The zero-order valence-electron chi connectivity index (χ0n) is 11.3. The zero-order valence-corrected chi connectivity index (χ0v) is 11.3. The van der Waals surface area contributed by atoms with E-state index in [9.17, 15) is 14.4 Å². The first-order valence-electron chi connectivity index (χ1n) is 6.21. The lowest BCUT2D eigenvalue weighted by Gasteiger charge is -2.19. The first-order valence-corrected chi connectivity index (χ1v) is 6.21. The van der Waals surface area contributed by atoms with Crippen LogP contribution in [0.25, 0.3) is 0 Å². The van der Waals surface area contributed by atoms with Crippen LogP contribution < -0.4 is 10.6 Å². The molecule has 0 unspecified atom stereocenters. The number of carboxylic acid groups (broad SMARTS) is 1. The zero-order chi connectivity index (χ0) is 14.7. The Morgan fingerprint density at radius 2 is 1.84 bits per heavy atom. The van der Waals surface area contributed by atoms with Gasteiger partial charge in [0.25, 0.3) is 5.91 Å². The molecule has 108 valence electrons. The number of carbonyl (C=O) groups excluding carboxylic acids is 2. The van der Waals surface area contributed by atoms with Gasteiger partial charge in [-0.2, -0.15) is 0 Å². The van der Waals surface area contributed by atoms with E-state index >= 15 is 0 Å². The molecule has 0 aromatic rings. The molecule has 0 saturated carbocycles. The highest BCUT2D eigenvalue weighted by Gasteiger charge is 2.05. The van der Waals surface area contributed by atoms with Crippen LogP contribution in [0.1, 0.15) is 20.3 Å². The number of carbonyl (C=O) groups is 3. The summed E-state index contributed by atoms with van der Waals surface area (Å²) >= 11 is 0. The monoisotopic (exact) mass is 271 g/mol. The average molecular weight is 271 g/mol. The number of hydrogen-bond donors (Lipinski definition) is 3. The third-order valence-electron chi connectivity index (χ3n) is 2.31. The van der Waals surface area contributed by atoms with Crippen LogP contribution in [0.2, 0.25) is 0 Å². The molecule has 0 bridgehead atoms. The van der Waals surface area contributed by atoms with E-state index in [0.29, 0.717) is 19.2 Å². The number of nitrogens with one attached hydrogen (secondary N) is 2. The highest BCUT2D eigenvalue weighted by molar-refractivity contribution is 6.02. The van der Waals surface area contributed by atoms with Crippen molar-refractivity contribution in [3.8, 4) is 0 Å². The number of likely N-dealkylation sites (N-methyl/N-ethyl adjacent to an activating group) is 1. The molecular weight excluding hydrogens is 250 g/mol. The quantitative estimate of drug-likeness (QED) is 0.547. The number of urea groups is 1. The van der Waals surface area contributed by atoms with Gasteiger partial charge in [0.2, 0.25) is 0 Å². The van der Waals surface area contributed by atoms with Crippen LogP contribution in [-0.4, -0.2) is 54.1 Å². The molecule has 7 nitrogen and oxygen atoms in total. The molecule has 0 aliphatic heterocycles. The maximum absolute atomic E-state index is 11.3. The van der Waals surface area contributed by atoms with Crippen molar-refractivity contribution in [2.24, 2.45) is 0 Å². The van der Waals surface area contributed by atoms with Crippen LogP contribution in [0.15, 0.2) is 12.2 Å². The fraction of sp³-hybridized carbons (Fsp3) is 0.583. The van der Waals surface area contributed by atoms with Gasteiger partial charge in [-0.25, -0.2) is 9.59 Å². The van der Waals surface area contributed by atoms with Crippen LogP contribution in [0.3, 0.4) is 0 Å². The van der Waals surface area contributed by atoms with E-state index in [1.165, 1.54) is 0 Å². The first kappa shape index (κ1) is 17.1. The summed E-state index contributed by atoms with van der Waals surface area (Å²) in [5, 5.41) is 12.8. The summed E-state index contributed by atoms with van der Waals surface area (Å²) in [4.78, 5) is 34.7. The van der Waals surface area contributed by atoms with Crippen molar-refractivity contribution < 1.29 is 19.5 Å². The molecule has 0 aliphatic rings. The van der Waals surface area contributed by atoms with Crippen LogP contribution in [0, 0.1) is 0 Å². The standard InChI is InChI=1S/C12H21N3O4/c1-3-8-15(4-2)9-7-13-12(19)14-10(16)5-6-11(17)18/h5-6H,3-4,7-9H2,1-2H3,(H,17,18)(H2,13,14,16,19)/b6-5+. The van der Waals surface area contributed by atoms with Crippen LogP contribution in [0.4, 0.5) is 4.79 Å². The van der Waals surface area contributed by atoms with Crippen molar-refractivity contribution in [3.63, 3.8) is 0 Å². The topological polar surface area (TPSA) is 98.7 Å². The Morgan fingerprint density at radius 3 is 2.37 bits per heavy atom. The third kappa shape index (κ3) is 9.78. The molecule has 0 aliphatic carbocycles. The highest BCUT2D eigenvalue weighted by Crippen LogP contribution is 1.88. The number of aliphatic carboxylic acids is 1. The number of nitrogens with zero attached hydrogens (tertiary/aromatic N) is 1. The molecule has 0 fully saturated rings. The van der Waals surface area contributed by atoms with E-state index in [0.717, 1.165) is 25.6 Å². The van der Waals surface area contributed by atoms with Crippen LogP contribution in [0.5, 0.6) is 0 Å². The highest BCUT2D eigenvalue weighted by atomic mass is 16.4. The predicted octanol–water partition coefficient (Wildman–Crippen LogP) is 0.185. The summed E-state index contributed by atoms with van der Waals surface area (Å²) < 4.78 is 0. The normalized spacial score (nSPS) is 10.7. The molecule has 0 saturated heterocycles. The summed E-state index contributed by atoms with van der Waals surface area (Å²) in [7, 11) is 0. The molecule has 19 heavy (non-hydrogen) atoms. The molecule has 0 heterocycles. The second-order valence-electron chi connectivity index (χ2n) is 3.85. The minimum atomic E-state index is -1.24. The molecular formula is C12H21N3O4. The second kappa shape index (κ2) is 10.1. The summed E-state index contributed by atoms with van der Waals surface area (Å²) in [6.45, 7) is 7.11.